The van der Waals surface area contributed by atoms with E-state index in [1.54, 1.807) is 0 Å². The van der Waals surface area contributed by atoms with Crippen molar-refractivity contribution in [2.24, 2.45) is 0 Å². The minimum absolute atomic E-state index is 0.0659. The number of hydrogen-bond donors (Lipinski definition) is 1. The molecule has 0 radical (unpaired) electrons. The Hall–Kier alpha value is -3.34. The molecule has 1 aliphatic heterocycles. The Morgan fingerprint density at radius 1 is 1.04 bits per heavy atom. The van der Waals surface area contributed by atoms with Gasteiger partial charge < -0.3 is 9.88 Å². The average molecular weight is 342 g/mol. The number of aromatic nitrogens is 3. The van der Waals surface area contributed by atoms with Gasteiger partial charge in [-0.15, -0.1) is 0 Å². The molecule has 0 spiro atoms. The van der Waals surface area contributed by atoms with Gasteiger partial charge in [-0.2, -0.15) is 5.10 Å². The van der Waals surface area contributed by atoms with Crippen LogP contribution in [0.4, 0.5) is 0 Å². The maximum atomic E-state index is 13.1. The van der Waals surface area contributed by atoms with E-state index in [0.29, 0.717) is 13.1 Å². The fraction of sp³-hybridized carbons (Fsp3) is 0.143. The molecule has 0 aliphatic carbocycles. The van der Waals surface area contributed by atoms with Crippen molar-refractivity contribution in [3.05, 3.63) is 83.8 Å². The Labute approximate surface area is 150 Å². The van der Waals surface area contributed by atoms with E-state index in [4.69, 9.17) is 0 Å². The van der Waals surface area contributed by atoms with Gasteiger partial charge in [-0.05, 0) is 24.3 Å². The van der Waals surface area contributed by atoms with Crippen molar-refractivity contribution in [3.63, 3.8) is 0 Å². The Morgan fingerprint density at radius 2 is 1.92 bits per heavy atom. The fourth-order valence-electron chi connectivity index (χ4n) is 3.73. The molecule has 2 aromatic heterocycles. The van der Waals surface area contributed by atoms with Crippen LogP contribution < -0.4 is 0 Å². The van der Waals surface area contributed by atoms with Crippen molar-refractivity contribution in [1.29, 1.82) is 0 Å². The maximum Gasteiger partial charge on any atom is 0.256 e. The van der Waals surface area contributed by atoms with E-state index in [1.807, 2.05) is 64.4 Å². The highest BCUT2D eigenvalue weighted by Crippen LogP contribution is 2.25. The lowest BCUT2D eigenvalue weighted by Gasteiger charge is -2.27. The predicted octanol–water partition coefficient (Wildman–Crippen LogP) is 3.55. The molecule has 1 aliphatic rings. The molecular weight excluding hydrogens is 324 g/mol. The molecule has 5 nitrogen and oxygen atoms in total. The summed E-state index contributed by atoms with van der Waals surface area (Å²) < 4.78 is 1.99. The van der Waals surface area contributed by atoms with Crippen LogP contribution in [0.15, 0.2) is 67.0 Å². The molecule has 1 N–H and O–H groups in total. The van der Waals surface area contributed by atoms with Crippen LogP contribution in [0.1, 0.15) is 21.6 Å². The van der Waals surface area contributed by atoms with Crippen molar-refractivity contribution in [1.82, 2.24) is 19.7 Å². The monoisotopic (exact) mass is 342 g/mol. The van der Waals surface area contributed by atoms with Gasteiger partial charge in [0, 0.05) is 36.7 Å². The number of rotatable bonds is 2. The summed E-state index contributed by atoms with van der Waals surface area (Å²) in [4.78, 5) is 18.2. The van der Waals surface area contributed by atoms with E-state index in [9.17, 15) is 4.79 Å². The molecule has 3 heterocycles. The highest BCUT2D eigenvalue weighted by molar-refractivity contribution is 6.05. The number of carbonyl (C=O) groups excluding carboxylic acids is 1. The first kappa shape index (κ1) is 15.0. The molecule has 4 aromatic rings. The molecule has 128 valence electrons. The van der Waals surface area contributed by atoms with E-state index in [-0.39, 0.29) is 5.91 Å². The molecule has 0 fully saturated rings. The van der Waals surface area contributed by atoms with Crippen molar-refractivity contribution < 1.29 is 4.79 Å². The van der Waals surface area contributed by atoms with Gasteiger partial charge in [0.25, 0.3) is 5.91 Å². The molecule has 5 rings (SSSR count). The van der Waals surface area contributed by atoms with Gasteiger partial charge >= 0.3 is 0 Å². The van der Waals surface area contributed by atoms with E-state index in [2.05, 4.69) is 22.2 Å². The van der Waals surface area contributed by atoms with E-state index in [1.165, 1.54) is 5.69 Å². The number of aromatic amines is 1. The van der Waals surface area contributed by atoms with Crippen LogP contribution in [-0.2, 0) is 13.0 Å². The minimum atomic E-state index is 0.0659. The van der Waals surface area contributed by atoms with Crippen LogP contribution in [0.3, 0.4) is 0 Å². The molecule has 0 bridgehead atoms. The van der Waals surface area contributed by atoms with Crippen LogP contribution in [0, 0.1) is 0 Å². The normalized spacial score (nSPS) is 13.8. The van der Waals surface area contributed by atoms with Gasteiger partial charge in [0.1, 0.15) is 0 Å². The van der Waals surface area contributed by atoms with Crippen LogP contribution >= 0.6 is 0 Å². The summed E-state index contributed by atoms with van der Waals surface area (Å²) in [6.45, 7) is 1.29. The standard InChI is InChI=1S/C21H18N4O/c26-21(18-8-4-5-15-9-11-22-20(15)18)24-12-10-19-16(14-24)13-23-25(19)17-6-2-1-3-7-17/h1-9,11,13,22H,10,12,14H2. The molecular formula is C21H18N4O. The predicted molar refractivity (Wildman–Crippen MR) is 100 cm³/mol. The van der Waals surface area contributed by atoms with Gasteiger partial charge in [-0.3, -0.25) is 4.79 Å². The van der Waals surface area contributed by atoms with Crippen molar-refractivity contribution in [2.45, 2.75) is 13.0 Å². The number of para-hydroxylation sites is 2. The number of nitrogens with zero attached hydrogens (tertiary/aromatic N) is 3. The molecule has 5 heteroatoms. The Kier molecular flexibility index (Phi) is 3.38. The third-order valence-electron chi connectivity index (χ3n) is 5.04. The summed E-state index contributed by atoms with van der Waals surface area (Å²) in [6, 6.07) is 18.0. The van der Waals surface area contributed by atoms with E-state index in [0.717, 1.165) is 34.1 Å². The van der Waals surface area contributed by atoms with Gasteiger partial charge in [0.05, 0.1) is 28.7 Å². The summed E-state index contributed by atoms with van der Waals surface area (Å²) in [5.74, 6) is 0.0659. The van der Waals surface area contributed by atoms with Crippen molar-refractivity contribution in [2.75, 3.05) is 6.54 Å². The molecule has 26 heavy (non-hydrogen) atoms. The van der Waals surface area contributed by atoms with Crippen LogP contribution in [0.5, 0.6) is 0 Å². The van der Waals surface area contributed by atoms with Gasteiger partial charge in [-0.1, -0.05) is 30.3 Å². The smallest absolute Gasteiger partial charge is 0.256 e. The summed E-state index contributed by atoms with van der Waals surface area (Å²) in [5.41, 5.74) is 5.00. The minimum Gasteiger partial charge on any atom is -0.361 e. The SMILES string of the molecule is O=C(c1cccc2cc[nH]c12)N1CCc2c(cnn2-c2ccccc2)C1. The van der Waals surface area contributed by atoms with Crippen molar-refractivity contribution in [3.8, 4) is 5.69 Å². The number of H-pyrrole nitrogens is 1. The largest absolute Gasteiger partial charge is 0.361 e. The second-order valence-corrected chi connectivity index (χ2v) is 6.59. The lowest BCUT2D eigenvalue weighted by atomic mass is 10.1. The molecule has 0 atom stereocenters. The Bertz CT molecular complexity index is 1090. The number of carbonyl (C=O) groups is 1. The number of fused-ring (bicyclic) bond motifs is 2. The summed E-state index contributed by atoms with van der Waals surface area (Å²) in [5, 5.41) is 5.61. The Balaban J connectivity index is 1.45. The second kappa shape index (κ2) is 5.88. The van der Waals surface area contributed by atoms with Crippen LogP contribution in [0.25, 0.3) is 16.6 Å². The Morgan fingerprint density at radius 3 is 2.81 bits per heavy atom. The number of amides is 1. The summed E-state index contributed by atoms with van der Waals surface area (Å²) in [7, 11) is 0. The number of nitrogens with one attached hydrogen (secondary N) is 1. The summed E-state index contributed by atoms with van der Waals surface area (Å²) >= 11 is 0. The zero-order valence-corrected chi connectivity index (χ0v) is 14.2. The fourth-order valence-corrected chi connectivity index (χ4v) is 3.73. The first-order valence-corrected chi connectivity index (χ1v) is 8.78. The maximum absolute atomic E-state index is 13.1. The third kappa shape index (κ3) is 2.32. The van der Waals surface area contributed by atoms with E-state index >= 15 is 0 Å². The van der Waals surface area contributed by atoms with Gasteiger partial charge in [-0.25, -0.2) is 4.68 Å². The molecule has 1 amide bonds. The van der Waals surface area contributed by atoms with Crippen molar-refractivity contribution >= 4 is 16.8 Å². The highest BCUT2D eigenvalue weighted by atomic mass is 16.2. The van der Waals surface area contributed by atoms with Gasteiger partial charge in [0.2, 0.25) is 0 Å². The second-order valence-electron chi connectivity index (χ2n) is 6.59. The highest BCUT2D eigenvalue weighted by Gasteiger charge is 2.26. The lowest BCUT2D eigenvalue weighted by molar-refractivity contribution is 0.0735. The molecule has 2 aromatic carbocycles. The van der Waals surface area contributed by atoms with E-state index < -0.39 is 0 Å². The topological polar surface area (TPSA) is 53.9 Å². The summed E-state index contributed by atoms with van der Waals surface area (Å²) in [6.07, 6.45) is 4.56. The van der Waals surface area contributed by atoms with Crippen LogP contribution in [0.2, 0.25) is 0 Å². The zero-order chi connectivity index (χ0) is 17.5. The molecule has 0 unspecified atom stereocenters. The first-order valence-electron chi connectivity index (χ1n) is 8.78. The first-order chi connectivity index (χ1) is 12.8. The number of benzene rings is 2. The molecule has 0 saturated heterocycles. The number of hydrogen-bond acceptors (Lipinski definition) is 2. The third-order valence-corrected chi connectivity index (χ3v) is 5.04. The quantitative estimate of drug-likeness (QED) is 0.606. The van der Waals surface area contributed by atoms with Crippen LogP contribution in [-0.4, -0.2) is 32.1 Å². The van der Waals surface area contributed by atoms with Gasteiger partial charge in [0.15, 0.2) is 0 Å². The average Bonchev–Trinajstić information content (AvgIpc) is 3.34. The molecule has 0 saturated carbocycles. The lowest BCUT2D eigenvalue weighted by Crippen LogP contribution is -2.36. The zero-order valence-electron chi connectivity index (χ0n) is 14.2.